The highest BCUT2D eigenvalue weighted by Gasteiger charge is 2.08. The van der Waals surface area contributed by atoms with Gasteiger partial charge in [0.2, 0.25) is 0 Å². The van der Waals surface area contributed by atoms with Gasteiger partial charge < -0.3 is 0 Å². The molecule has 0 aliphatic carbocycles. The number of hydrogen-bond donors (Lipinski definition) is 0. The summed E-state index contributed by atoms with van der Waals surface area (Å²) in [6.45, 7) is 0. The molecule has 0 spiro atoms. The zero-order valence-corrected chi connectivity index (χ0v) is 12.2. The van der Waals surface area contributed by atoms with Gasteiger partial charge in [-0.1, -0.05) is 0 Å². The van der Waals surface area contributed by atoms with Gasteiger partial charge in [-0.25, -0.2) is 0 Å². The van der Waals surface area contributed by atoms with E-state index in [0.717, 1.165) is 0 Å². The zero-order valence-electron chi connectivity index (χ0n) is 12.2. The number of nitro groups is 2. The molecular formula is C16H10N4O4. The van der Waals surface area contributed by atoms with Crippen LogP contribution in [0.2, 0.25) is 0 Å². The lowest BCUT2D eigenvalue weighted by molar-refractivity contribution is -0.385. The van der Waals surface area contributed by atoms with E-state index in [9.17, 15) is 20.2 Å². The molecule has 1 aromatic heterocycles. The Morgan fingerprint density at radius 3 is 1.21 bits per heavy atom. The number of benzene rings is 2. The van der Waals surface area contributed by atoms with Crippen molar-refractivity contribution >= 4 is 11.4 Å². The molecule has 0 aliphatic heterocycles. The van der Waals surface area contributed by atoms with E-state index in [1.54, 1.807) is 36.7 Å². The van der Waals surface area contributed by atoms with Gasteiger partial charge in [0.05, 0.1) is 33.6 Å². The Bertz CT molecular complexity index is 814. The summed E-state index contributed by atoms with van der Waals surface area (Å²) < 4.78 is 0. The van der Waals surface area contributed by atoms with Crippen molar-refractivity contribution in [3.63, 3.8) is 0 Å². The number of hydrogen-bond acceptors (Lipinski definition) is 6. The average molecular weight is 322 g/mol. The normalized spacial score (nSPS) is 10.3. The molecule has 3 rings (SSSR count). The molecule has 0 saturated heterocycles. The fraction of sp³-hybridized carbons (Fsp3) is 0. The fourth-order valence-electron chi connectivity index (χ4n) is 2.13. The van der Waals surface area contributed by atoms with Crippen LogP contribution in [0, 0.1) is 20.2 Å². The third-order valence-corrected chi connectivity index (χ3v) is 3.40. The lowest BCUT2D eigenvalue weighted by Gasteiger charge is -2.03. The summed E-state index contributed by atoms with van der Waals surface area (Å²) in [6.07, 6.45) is 3.11. The van der Waals surface area contributed by atoms with E-state index in [0.29, 0.717) is 22.5 Å². The summed E-state index contributed by atoms with van der Waals surface area (Å²) in [6, 6.07) is 12.0. The highest BCUT2D eigenvalue weighted by molar-refractivity contribution is 5.64. The molecule has 0 fully saturated rings. The minimum atomic E-state index is -0.465. The smallest absolute Gasteiger partial charge is 0.258 e. The van der Waals surface area contributed by atoms with Gasteiger partial charge in [0.1, 0.15) is 0 Å². The van der Waals surface area contributed by atoms with Crippen LogP contribution in [0.3, 0.4) is 0 Å². The lowest BCUT2D eigenvalue weighted by Crippen LogP contribution is -1.91. The number of aromatic nitrogens is 2. The summed E-state index contributed by atoms with van der Waals surface area (Å²) in [5.74, 6) is 0. The lowest BCUT2D eigenvalue weighted by atomic mass is 10.1. The molecule has 118 valence electrons. The summed E-state index contributed by atoms with van der Waals surface area (Å²) in [4.78, 5) is 29.0. The van der Waals surface area contributed by atoms with Gasteiger partial charge in [0, 0.05) is 35.4 Å². The van der Waals surface area contributed by atoms with Crippen LogP contribution in [-0.2, 0) is 0 Å². The standard InChI is InChI=1S/C16H10N4O4/c21-19(22)13-5-1-11(2-6-13)15-9-18-16(10-17-15)12-3-7-14(8-4-12)20(23)24/h1-10H. The summed E-state index contributed by atoms with van der Waals surface area (Å²) in [5, 5.41) is 21.3. The maximum absolute atomic E-state index is 10.7. The minimum absolute atomic E-state index is 0.00853. The zero-order chi connectivity index (χ0) is 17.1. The van der Waals surface area contributed by atoms with E-state index in [-0.39, 0.29) is 11.4 Å². The fourth-order valence-corrected chi connectivity index (χ4v) is 2.13. The molecule has 0 saturated carbocycles. The minimum Gasteiger partial charge on any atom is -0.258 e. The molecule has 0 unspecified atom stereocenters. The first-order valence-electron chi connectivity index (χ1n) is 6.86. The Balaban J connectivity index is 1.84. The molecule has 0 N–H and O–H groups in total. The Kier molecular flexibility index (Phi) is 3.94. The quantitative estimate of drug-likeness (QED) is 0.535. The third kappa shape index (κ3) is 3.07. The maximum Gasteiger partial charge on any atom is 0.269 e. The van der Waals surface area contributed by atoms with E-state index in [4.69, 9.17) is 0 Å². The Labute approximate surface area is 135 Å². The second-order valence-electron chi connectivity index (χ2n) is 4.89. The molecule has 2 aromatic carbocycles. The second-order valence-corrected chi connectivity index (χ2v) is 4.89. The van der Waals surface area contributed by atoms with Crippen LogP contribution in [0.4, 0.5) is 11.4 Å². The summed E-state index contributed by atoms with van der Waals surface area (Å²) in [5.41, 5.74) is 2.60. The first-order chi connectivity index (χ1) is 11.5. The molecule has 3 aromatic rings. The van der Waals surface area contributed by atoms with Crippen molar-refractivity contribution < 1.29 is 9.85 Å². The van der Waals surface area contributed by atoms with E-state index in [2.05, 4.69) is 9.97 Å². The van der Waals surface area contributed by atoms with Crippen molar-refractivity contribution in [1.82, 2.24) is 9.97 Å². The Hall–Kier alpha value is -3.68. The molecule has 0 atom stereocenters. The molecule has 1 heterocycles. The topological polar surface area (TPSA) is 112 Å². The van der Waals surface area contributed by atoms with Gasteiger partial charge in [-0.2, -0.15) is 0 Å². The molecule has 0 aliphatic rings. The van der Waals surface area contributed by atoms with Crippen LogP contribution < -0.4 is 0 Å². The van der Waals surface area contributed by atoms with Crippen LogP contribution in [0.5, 0.6) is 0 Å². The van der Waals surface area contributed by atoms with E-state index >= 15 is 0 Å². The van der Waals surface area contributed by atoms with Crippen molar-refractivity contribution in [1.29, 1.82) is 0 Å². The predicted molar refractivity (Wildman–Crippen MR) is 86.2 cm³/mol. The van der Waals surface area contributed by atoms with Crippen molar-refractivity contribution in [3.05, 3.63) is 81.2 Å². The molecule has 0 bridgehead atoms. The van der Waals surface area contributed by atoms with Crippen molar-refractivity contribution in [3.8, 4) is 22.5 Å². The number of non-ortho nitro benzene ring substituents is 2. The van der Waals surface area contributed by atoms with Gasteiger partial charge in [0.25, 0.3) is 11.4 Å². The second kappa shape index (κ2) is 6.21. The highest BCUT2D eigenvalue weighted by Crippen LogP contribution is 2.23. The van der Waals surface area contributed by atoms with Gasteiger partial charge in [-0.3, -0.25) is 30.2 Å². The van der Waals surface area contributed by atoms with E-state index in [1.165, 1.54) is 24.3 Å². The molecule has 0 radical (unpaired) electrons. The maximum atomic E-state index is 10.7. The van der Waals surface area contributed by atoms with Gasteiger partial charge >= 0.3 is 0 Å². The largest absolute Gasteiger partial charge is 0.269 e. The highest BCUT2D eigenvalue weighted by atomic mass is 16.6. The molecular weight excluding hydrogens is 312 g/mol. The molecule has 8 heteroatoms. The number of rotatable bonds is 4. The van der Waals surface area contributed by atoms with Crippen molar-refractivity contribution in [2.45, 2.75) is 0 Å². The van der Waals surface area contributed by atoms with Gasteiger partial charge in [0.15, 0.2) is 0 Å². The molecule has 8 nitrogen and oxygen atoms in total. The number of nitrogens with zero attached hydrogens (tertiary/aromatic N) is 4. The monoisotopic (exact) mass is 322 g/mol. The SMILES string of the molecule is O=[N+]([O-])c1ccc(-c2cnc(-c3ccc([N+](=O)[O-])cc3)cn2)cc1. The van der Waals surface area contributed by atoms with Gasteiger partial charge in [-0.05, 0) is 24.3 Å². The van der Waals surface area contributed by atoms with Crippen LogP contribution in [-0.4, -0.2) is 19.8 Å². The first-order valence-corrected chi connectivity index (χ1v) is 6.86. The predicted octanol–water partition coefficient (Wildman–Crippen LogP) is 3.63. The van der Waals surface area contributed by atoms with Crippen LogP contribution in [0.1, 0.15) is 0 Å². The number of nitro benzene ring substituents is 2. The van der Waals surface area contributed by atoms with Crippen LogP contribution in [0.25, 0.3) is 22.5 Å². The van der Waals surface area contributed by atoms with E-state index < -0.39 is 9.85 Å². The van der Waals surface area contributed by atoms with Crippen LogP contribution in [0.15, 0.2) is 60.9 Å². The summed E-state index contributed by atoms with van der Waals surface area (Å²) >= 11 is 0. The van der Waals surface area contributed by atoms with Crippen molar-refractivity contribution in [2.75, 3.05) is 0 Å². The molecule has 0 amide bonds. The Morgan fingerprint density at radius 1 is 0.625 bits per heavy atom. The summed E-state index contributed by atoms with van der Waals surface area (Å²) in [7, 11) is 0. The first kappa shape index (κ1) is 15.2. The van der Waals surface area contributed by atoms with Crippen molar-refractivity contribution in [2.24, 2.45) is 0 Å². The Morgan fingerprint density at radius 2 is 0.958 bits per heavy atom. The van der Waals surface area contributed by atoms with Crippen LogP contribution >= 0.6 is 0 Å². The molecule has 24 heavy (non-hydrogen) atoms. The van der Waals surface area contributed by atoms with E-state index in [1.807, 2.05) is 0 Å². The average Bonchev–Trinajstić information content (AvgIpc) is 2.62. The third-order valence-electron chi connectivity index (χ3n) is 3.40. The van der Waals surface area contributed by atoms with Gasteiger partial charge in [-0.15, -0.1) is 0 Å².